The molecule has 65 heavy (non-hydrogen) atoms. The van der Waals surface area contributed by atoms with Crippen molar-refractivity contribution in [2.24, 2.45) is 0 Å². The van der Waals surface area contributed by atoms with Crippen LogP contribution in [0, 0.1) is 0 Å². The van der Waals surface area contributed by atoms with Crippen molar-refractivity contribution in [1.82, 2.24) is 0 Å². The lowest BCUT2D eigenvalue weighted by atomic mass is 9.66. The summed E-state index contributed by atoms with van der Waals surface area (Å²) in [5, 5.41) is 1.19. The number of hydrogen-bond donors (Lipinski definition) is 0. The van der Waals surface area contributed by atoms with Gasteiger partial charge in [0.05, 0.1) is 22.2 Å². The van der Waals surface area contributed by atoms with Gasteiger partial charge < -0.3 is 9.32 Å². The Balaban J connectivity index is 1.15. The summed E-state index contributed by atoms with van der Waals surface area (Å²) >= 11 is 0. The van der Waals surface area contributed by atoms with Crippen molar-refractivity contribution >= 4 is 34.1 Å². The second-order valence-electron chi connectivity index (χ2n) is 18.1. The van der Waals surface area contributed by atoms with E-state index in [1.54, 1.807) is 0 Å². The second kappa shape index (κ2) is 14.0. The summed E-state index contributed by atoms with van der Waals surface area (Å²) in [6.45, 7) is 8.56. The molecule has 4 aliphatic rings. The summed E-state index contributed by atoms with van der Waals surface area (Å²) in [6.07, 6.45) is 11.8. The van der Waals surface area contributed by atoms with E-state index in [4.69, 9.17) is 4.42 Å². The molecule has 4 aliphatic carbocycles. The second-order valence-corrected chi connectivity index (χ2v) is 18.1. The van der Waals surface area contributed by atoms with Gasteiger partial charge in [-0.25, -0.2) is 0 Å². The number of anilines is 3. The largest absolute Gasteiger partial charge is 0.456 e. The molecule has 8 aromatic carbocycles. The van der Waals surface area contributed by atoms with Crippen molar-refractivity contribution in [1.29, 1.82) is 0 Å². The first kappa shape index (κ1) is 37.6. The molecule has 0 saturated carbocycles. The van der Waals surface area contributed by atoms with Gasteiger partial charge in [0.1, 0.15) is 11.3 Å². The van der Waals surface area contributed by atoms with Gasteiger partial charge in [-0.2, -0.15) is 0 Å². The minimum Gasteiger partial charge on any atom is -0.456 e. The fourth-order valence-electron chi connectivity index (χ4n) is 12.3. The van der Waals surface area contributed by atoms with E-state index in [2.05, 4.69) is 231 Å². The highest BCUT2D eigenvalue weighted by Crippen LogP contribution is 2.65. The van der Waals surface area contributed by atoms with Crippen LogP contribution in [0.25, 0.3) is 50.4 Å². The molecule has 2 heteroatoms. The first-order chi connectivity index (χ1) is 32.0. The van der Waals surface area contributed by atoms with E-state index >= 15 is 0 Å². The lowest BCUT2D eigenvalue weighted by Gasteiger charge is -2.36. The van der Waals surface area contributed by atoms with Crippen molar-refractivity contribution in [3.05, 3.63) is 274 Å². The van der Waals surface area contributed by atoms with Gasteiger partial charge in [0.15, 0.2) is 0 Å². The van der Waals surface area contributed by atoms with Crippen LogP contribution in [0.4, 0.5) is 17.1 Å². The number of allylic oxidation sites excluding steroid dienone is 6. The summed E-state index contributed by atoms with van der Waals surface area (Å²) in [5.41, 5.74) is 23.2. The molecular formula is C63H45NO. The van der Waals surface area contributed by atoms with Gasteiger partial charge in [-0.05, 0) is 117 Å². The fourth-order valence-corrected chi connectivity index (χ4v) is 12.3. The van der Waals surface area contributed by atoms with Crippen LogP contribution in [0.15, 0.2) is 228 Å². The molecule has 13 rings (SSSR count). The summed E-state index contributed by atoms with van der Waals surface area (Å²) in [6, 6.07) is 67.9. The van der Waals surface area contributed by atoms with E-state index in [0.29, 0.717) is 0 Å². The molecule has 0 fully saturated rings. The molecular weight excluding hydrogens is 787 g/mol. The molecule has 2 nitrogen and oxygen atoms in total. The minimum absolute atomic E-state index is 0.471. The predicted octanol–water partition coefficient (Wildman–Crippen LogP) is 16.2. The third kappa shape index (κ3) is 5.00. The summed E-state index contributed by atoms with van der Waals surface area (Å²) in [7, 11) is 0. The number of hydrogen-bond acceptors (Lipinski definition) is 2. The zero-order valence-electron chi connectivity index (χ0n) is 36.5. The zero-order valence-corrected chi connectivity index (χ0v) is 36.5. The Morgan fingerprint density at radius 3 is 1.72 bits per heavy atom. The maximum atomic E-state index is 7.03. The standard InChI is InChI=1S/C63H45NO/c1-40(2)20-17-21-41(3)62(50-30-12-7-24-44(50)45-25-8-13-31-51(45)62)56-38-43(39-59-61(56)49-29-18-37-58(49)65-59)64(42-22-5-4-6-23-42)57-36-19-35-55-60(57)48-28-11-16-34-54(48)63(55)52-32-14-9-26-46(52)47-27-10-15-33-53(47)63/h4-28,30-39H,1,29H2,2-3H3/b20-17-,41-21+. The van der Waals surface area contributed by atoms with Gasteiger partial charge in [-0.15, -0.1) is 0 Å². The van der Waals surface area contributed by atoms with Crippen LogP contribution < -0.4 is 4.90 Å². The van der Waals surface area contributed by atoms with Crippen LogP contribution in [-0.4, -0.2) is 0 Å². The maximum Gasteiger partial charge on any atom is 0.137 e. The number of para-hydroxylation sites is 1. The van der Waals surface area contributed by atoms with Crippen LogP contribution in [-0.2, 0) is 17.3 Å². The summed E-state index contributed by atoms with van der Waals surface area (Å²) in [5.74, 6) is 0.943. The Morgan fingerprint density at radius 1 is 0.554 bits per heavy atom. The SMILES string of the molecule is C=C(C)/C=C\C=C(/C)C1(c2cc(N(c3ccccc3)c3cccc4c3-c3ccccc3C43c4ccccc4-c4ccccc43)cc3oc4c(c23)CC=C4)c2ccccc2-c2ccccc21. The van der Waals surface area contributed by atoms with Crippen molar-refractivity contribution in [2.75, 3.05) is 4.90 Å². The number of nitrogens with zero attached hydrogens (tertiary/aromatic N) is 1. The van der Waals surface area contributed by atoms with Gasteiger partial charge in [-0.1, -0.05) is 194 Å². The van der Waals surface area contributed by atoms with Crippen LogP contribution >= 0.6 is 0 Å². The lowest BCUT2D eigenvalue weighted by molar-refractivity contribution is 0.602. The Kier molecular flexibility index (Phi) is 8.12. The third-order valence-electron chi connectivity index (χ3n) is 14.7. The Hall–Kier alpha value is -7.94. The van der Waals surface area contributed by atoms with Gasteiger partial charge >= 0.3 is 0 Å². The summed E-state index contributed by atoms with van der Waals surface area (Å²) < 4.78 is 7.03. The third-order valence-corrected chi connectivity index (χ3v) is 14.7. The predicted molar refractivity (Wildman–Crippen MR) is 269 cm³/mol. The highest BCUT2D eigenvalue weighted by molar-refractivity contribution is 6.03. The maximum absolute atomic E-state index is 7.03. The average molecular weight is 832 g/mol. The molecule has 0 bridgehead atoms. The van der Waals surface area contributed by atoms with Crippen LogP contribution in [0.2, 0.25) is 0 Å². The van der Waals surface area contributed by atoms with Crippen LogP contribution in [0.5, 0.6) is 0 Å². The smallest absolute Gasteiger partial charge is 0.137 e. The highest BCUT2D eigenvalue weighted by atomic mass is 16.3. The number of furan rings is 1. The van der Waals surface area contributed by atoms with E-state index in [1.165, 1.54) is 88.8 Å². The highest BCUT2D eigenvalue weighted by Gasteiger charge is 2.53. The van der Waals surface area contributed by atoms with Gasteiger partial charge in [0.25, 0.3) is 0 Å². The quantitative estimate of drug-likeness (QED) is 0.149. The number of fused-ring (bicyclic) bond motifs is 16. The molecule has 0 atom stereocenters. The Labute approximate surface area is 380 Å². The zero-order chi connectivity index (χ0) is 43.4. The van der Waals surface area contributed by atoms with Gasteiger partial charge in [-0.3, -0.25) is 0 Å². The summed E-state index contributed by atoms with van der Waals surface area (Å²) in [4.78, 5) is 2.49. The molecule has 1 aromatic heterocycles. The first-order valence-electron chi connectivity index (χ1n) is 22.8. The lowest BCUT2D eigenvalue weighted by Crippen LogP contribution is -2.29. The monoisotopic (exact) mass is 831 g/mol. The average Bonchev–Trinajstić information content (AvgIpc) is 4.15. The van der Waals surface area contributed by atoms with E-state index in [-0.39, 0.29) is 0 Å². The van der Waals surface area contributed by atoms with E-state index in [0.717, 1.165) is 40.4 Å². The molecule has 308 valence electrons. The molecule has 0 unspecified atom stereocenters. The first-order valence-corrected chi connectivity index (χ1v) is 22.8. The van der Waals surface area contributed by atoms with Crippen molar-refractivity contribution in [3.63, 3.8) is 0 Å². The van der Waals surface area contributed by atoms with E-state index in [9.17, 15) is 0 Å². The molecule has 0 radical (unpaired) electrons. The molecule has 1 heterocycles. The number of benzene rings is 8. The van der Waals surface area contributed by atoms with Crippen molar-refractivity contribution in [2.45, 2.75) is 31.1 Å². The van der Waals surface area contributed by atoms with Crippen LogP contribution in [0.1, 0.15) is 64.1 Å². The van der Waals surface area contributed by atoms with Gasteiger partial charge in [0.2, 0.25) is 0 Å². The van der Waals surface area contributed by atoms with E-state index in [1.807, 2.05) is 6.92 Å². The topological polar surface area (TPSA) is 16.4 Å². The number of rotatable bonds is 7. The molecule has 9 aromatic rings. The van der Waals surface area contributed by atoms with Crippen molar-refractivity contribution < 1.29 is 4.42 Å². The van der Waals surface area contributed by atoms with Crippen LogP contribution in [0.3, 0.4) is 0 Å². The Morgan fingerprint density at radius 2 is 1.09 bits per heavy atom. The minimum atomic E-state index is -0.643. The molecule has 0 amide bonds. The van der Waals surface area contributed by atoms with Crippen molar-refractivity contribution in [3.8, 4) is 33.4 Å². The molecule has 0 aliphatic heterocycles. The normalized spacial score (nSPS) is 15.1. The molecule has 0 saturated heterocycles. The Bertz CT molecular complexity index is 3480. The molecule has 1 spiro atoms. The van der Waals surface area contributed by atoms with Gasteiger partial charge in [0, 0.05) is 28.3 Å². The fraction of sp³-hybridized carbons (Fsp3) is 0.0794. The van der Waals surface area contributed by atoms with E-state index < -0.39 is 10.8 Å². The molecule has 0 N–H and O–H groups in total.